The van der Waals surface area contributed by atoms with E-state index in [0.717, 1.165) is 45.7 Å². The summed E-state index contributed by atoms with van der Waals surface area (Å²) in [5, 5.41) is 0.714. The van der Waals surface area contributed by atoms with Gasteiger partial charge in [-0.1, -0.05) is 23.5 Å². The topological polar surface area (TPSA) is 85.0 Å². The highest BCUT2D eigenvalue weighted by Crippen LogP contribution is 2.34. The van der Waals surface area contributed by atoms with Gasteiger partial charge in [-0.25, -0.2) is 15.8 Å². The first-order chi connectivity index (χ1) is 16.6. The molecule has 0 radical (unpaired) electrons. The number of fused-ring (bicyclic) bond motifs is 1. The van der Waals surface area contributed by atoms with E-state index in [4.69, 9.17) is 14.2 Å². The molecule has 2 fully saturated rings. The second-order valence-corrected chi connectivity index (χ2v) is 9.77. The summed E-state index contributed by atoms with van der Waals surface area (Å²) in [6.45, 7) is 3.42. The van der Waals surface area contributed by atoms with Crippen molar-refractivity contribution < 1.29 is 19.0 Å². The maximum atomic E-state index is 13.2. The van der Waals surface area contributed by atoms with Gasteiger partial charge in [-0.15, -0.1) is 0 Å². The van der Waals surface area contributed by atoms with Gasteiger partial charge in [0.25, 0.3) is 5.19 Å². The van der Waals surface area contributed by atoms with Crippen molar-refractivity contribution in [1.29, 1.82) is 0 Å². The molecule has 1 aromatic heterocycles. The van der Waals surface area contributed by atoms with Gasteiger partial charge in [0, 0.05) is 31.5 Å². The standard InChI is InChI=1S/C25H30N4O4S/c1-15-5-4-6-22-23(15)26-25(34-22)33-16-9-11-29(12-10-16)24(30)20-14-19(27-28-20)18-13-17(31-2)7-8-21(18)32-3/h4-8,13,16,19-20,27-28H,9-12,14H2,1-3H3. The van der Waals surface area contributed by atoms with E-state index in [2.05, 4.69) is 34.9 Å². The van der Waals surface area contributed by atoms with Crippen LogP contribution in [0.15, 0.2) is 36.4 Å². The van der Waals surface area contributed by atoms with Gasteiger partial charge in [-0.3, -0.25) is 4.79 Å². The SMILES string of the molecule is COc1ccc(OC)c(C2CC(C(=O)N3CCC(Oc4nc5c(C)cccc5s4)CC3)NN2)c1. The number of likely N-dealkylation sites (tertiary alicyclic amines) is 1. The quantitative estimate of drug-likeness (QED) is 0.555. The number of hydrazine groups is 1. The van der Waals surface area contributed by atoms with Crippen molar-refractivity contribution in [3.05, 3.63) is 47.5 Å². The van der Waals surface area contributed by atoms with Gasteiger partial charge in [0.15, 0.2) is 0 Å². The number of hydrogen-bond donors (Lipinski definition) is 2. The smallest absolute Gasteiger partial charge is 0.274 e. The third-order valence-corrected chi connectivity index (χ3v) is 7.55. The molecule has 2 saturated heterocycles. The number of rotatable bonds is 6. The Morgan fingerprint density at radius 3 is 2.68 bits per heavy atom. The lowest BCUT2D eigenvalue weighted by Gasteiger charge is -2.33. The zero-order chi connectivity index (χ0) is 23.7. The minimum Gasteiger partial charge on any atom is -0.497 e. The number of nitrogens with one attached hydrogen (secondary N) is 2. The van der Waals surface area contributed by atoms with E-state index in [0.29, 0.717) is 24.7 Å². The molecule has 34 heavy (non-hydrogen) atoms. The number of thiazole rings is 1. The first kappa shape index (κ1) is 22.9. The first-order valence-corrected chi connectivity index (χ1v) is 12.4. The fraction of sp³-hybridized carbons (Fsp3) is 0.440. The Morgan fingerprint density at radius 1 is 1.12 bits per heavy atom. The number of aryl methyl sites for hydroxylation is 1. The van der Waals surface area contributed by atoms with E-state index in [1.165, 1.54) is 0 Å². The first-order valence-electron chi connectivity index (χ1n) is 11.6. The predicted octanol–water partition coefficient (Wildman–Crippen LogP) is 3.60. The number of benzene rings is 2. The van der Waals surface area contributed by atoms with Crippen LogP contribution in [0.4, 0.5) is 0 Å². The second kappa shape index (κ2) is 9.77. The van der Waals surface area contributed by atoms with Crippen molar-refractivity contribution in [3.63, 3.8) is 0 Å². The monoisotopic (exact) mass is 482 g/mol. The van der Waals surface area contributed by atoms with Gasteiger partial charge >= 0.3 is 0 Å². The molecule has 5 rings (SSSR count). The number of nitrogens with zero attached hydrogens (tertiary/aromatic N) is 2. The average molecular weight is 483 g/mol. The molecule has 0 aliphatic carbocycles. The van der Waals surface area contributed by atoms with Crippen LogP contribution in [-0.2, 0) is 4.79 Å². The Kier molecular flexibility index (Phi) is 6.58. The summed E-state index contributed by atoms with van der Waals surface area (Å²) in [5.74, 6) is 1.65. The highest BCUT2D eigenvalue weighted by Gasteiger charge is 2.36. The van der Waals surface area contributed by atoms with E-state index in [9.17, 15) is 4.79 Å². The van der Waals surface area contributed by atoms with Gasteiger partial charge in [0.05, 0.1) is 30.5 Å². The lowest BCUT2D eigenvalue weighted by Crippen LogP contribution is -2.49. The Labute approximate surface area is 203 Å². The van der Waals surface area contributed by atoms with E-state index in [-0.39, 0.29) is 24.1 Å². The van der Waals surface area contributed by atoms with Crippen molar-refractivity contribution in [1.82, 2.24) is 20.7 Å². The van der Waals surface area contributed by atoms with Gasteiger partial charge < -0.3 is 19.1 Å². The van der Waals surface area contributed by atoms with Crippen LogP contribution in [0, 0.1) is 6.92 Å². The summed E-state index contributed by atoms with van der Waals surface area (Å²) in [5.41, 5.74) is 9.59. The number of carbonyl (C=O) groups is 1. The molecule has 180 valence electrons. The summed E-state index contributed by atoms with van der Waals surface area (Å²) in [4.78, 5) is 19.8. The van der Waals surface area contributed by atoms with Crippen LogP contribution in [0.3, 0.4) is 0 Å². The molecular formula is C25H30N4O4S. The molecular weight excluding hydrogens is 452 g/mol. The summed E-state index contributed by atoms with van der Waals surface area (Å²) in [7, 11) is 3.29. The van der Waals surface area contributed by atoms with Crippen molar-refractivity contribution in [3.8, 4) is 16.7 Å². The Hall–Kier alpha value is -2.88. The molecule has 2 aromatic carbocycles. The number of ether oxygens (including phenoxy) is 3. The highest BCUT2D eigenvalue weighted by atomic mass is 32.1. The van der Waals surface area contributed by atoms with E-state index in [1.807, 2.05) is 29.2 Å². The van der Waals surface area contributed by atoms with Gasteiger partial charge in [-0.05, 0) is 43.2 Å². The van der Waals surface area contributed by atoms with Crippen molar-refractivity contribution in [2.24, 2.45) is 0 Å². The van der Waals surface area contributed by atoms with Crippen molar-refractivity contribution in [2.75, 3.05) is 27.3 Å². The molecule has 3 aromatic rings. The lowest BCUT2D eigenvalue weighted by molar-refractivity contribution is -0.135. The molecule has 2 aliphatic heterocycles. The Morgan fingerprint density at radius 2 is 1.94 bits per heavy atom. The van der Waals surface area contributed by atoms with Crippen LogP contribution in [0.2, 0.25) is 0 Å². The van der Waals surface area contributed by atoms with Gasteiger partial charge in [0.2, 0.25) is 5.91 Å². The predicted molar refractivity (Wildman–Crippen MR) is 132 cm³/mol. The fourth-order valence-corrected chi connectivity index (χ4v) is 5.67. The molecule has 0 saturated carbocycles. The van der Waals surface area contributed by atoms with E-state index in [1.54, 1.807) is 25.6 Å². The molecule has 2 aliphatic rings. The second-order valence-electron chi connectivity index (χ2n) is 8.78. The number of methoxy groups -OCH3 is 2. The Bertz CT molecular complexity index is 1170. The van der Waals surface area contributed by atoms with E-state index >= 15 is 0 Å². The zero-order valence-electron chi connectivity index (χ0n) is 19.7. The molecule has 8 nitrogen and oxygen atoms in total. The lowest BCUT2D eigenvalue weighted by atomic mass is 9.99. The molecule has 2 N–H and O–H groups in total. The third kappa shape index (κ3) is 4.55. The third-order valence-electron chi connectivity index (χ3n) is 6.64. The normalized spacial score (nSPS) is 21.1. The van der Waals surface area contributed by atoms with Crippen LogP contribution in [-0.4, -0.2) is 55.2 Å². The number of carbonyl (C=O) groups excluding carboxylic acids is 1. The molecule has 0 bridgehead atoms. The van der Waals surface area contributed by atoms with Gasteiger partial charge in [-0.2, -0.15) is 0 Å². The molecule has 3 heterocycles. The summed E-state index contributed by atoms with van der Waals surface area (Å²) >= 11 is 1.58. The maximum Gasteiger partial charge on any atom is 0.274 e. The average Bonchev–Trinajstić information content (AvgIpc) is 3.52. The molecule has 0 spiro atoms. The fourth-order valence-electron chi connectivity index (χ4n) is 4.71. The number of hydrogen-bond acceptors (Lipinski definition) is 8. The van der Waals surface area contributed by atoms with Crippen molar-refractivity contribution >= 4 is 27.5 Å². The molecule has 9 heteroatoms. The number of piperidine rings is 1. The van der Waals surface area contributed by atoms with Crippen molar-refractivity contribution in [2.45, 2.75) is 44.4 Å². The van der Waals surface area contributed by atoms with Crippen LogP contribution in [0.1, 0.15) is 36.4 Å². The van der Waals surface area contributed by atoms with Crippen LogP contribution < -0.4 is 25.1 Å². The number of aromatic nitrogens is 1. The molecule has 2 unspecified atom stereocenters. The summed E-state index contributed by atoms with van der Waals surface area (Å²) in [6.07, 6.45) is 2.32. The highest BCUT2D eigenvalue weighted by molar-refractivity contribution is 7.20. The summed E-state index contributed by atoms with van der Waals surface area (Å²) in [6, 6.07) is 11.6. The van der Waals surface area contributed by atoms with Gasteiger partial charge in [0.1, 0.15) is 23.6 Å². The minimum absolute atomic E-state index is 0.0395. The molecule has 1 amide bonds. The summed E-state index contributed by atoms with van der Waals surface area (Å²) < 4.78 is 18.2. The zero-order valence-corrected chi connectivity index (χ0v) is 20.5. The largest absolute Gasteiger partial charge is 0.497 e. The minimum atomic E-state index is -0.286. The number of para-hydroxylation sites is 1. The van der Waals surface area contributed by atoms with Crippen LogP contribution >= 0.6 is 11.3 Å². The van der Waals surface area contributed by atoms with Crippen LogP contribution in [0.25, 0.3) is 10.2 Å². The molecule has 2 atom stereocenters. The number of amides is 1. The Balaban J connectivity index is 1.17. The maximum absolute atomic E-state index is 13.2. The van der Waals surface area contributed by atoms with Crippen LogP contribution in [0.5, 0.6) is 16.7 Å². The van der Waals surface area contributed by atoms with E-state index < -0.39 is 0 Å².